The Morgan fingerprint density at radius 2 is 0.765 bits per heavy atom. The van der Waals surface area contributed by atoms with Gasteiger partial charge in [0.05, 0.1) is 24.5 Å². The third-order valence-electron chi connectivity index (χ3n) is 9.39. The van der Waals surface area contributed by atoms with Crippen molar-refractivity contribution in [2.45, 2.75) is 93.7 Å². The second kappa shape index (κ2) is 39.1. The van der Waals surface area contributed by atoms with Gasteiger partial charge < -0.3 is 46.7 Å². The van der Waals surface area contributed by atoms with Crippen molar-refractivity contribution in [3.05, 3.63) is 149 Å². The van der Waals surface area contributed by atoms with Gasteiger partial charge in [0.2, 0.25) is 27.7 Å². The summed E-state index contributed by atoms with van der Waals surface area (Å²) in [7, 11) is -15.1. The normalized spacial score (nSPS) is 10.3. The fourth-order valence-electron chi connectivity index (χ4n) is 5.54. The molecule has 0 spiro atoms. The molecule has 0 atom stereocenters. The van der Waals surface area contributed by atoms with Gasteiger partial charge in [-0.2, -0.15) is 8.42 Å². The van der Waals surface area contributed by atoms with E-state index in [2.05, 4.69) is 25.7 Å². The Kier molecular flexibility index (Phi) is 39.4. The number of anilines is 5. The molecular formula is C50H62ClN7Na2O20S5. The smallest absolute Gasteiger partial charge is 0.870 e. The Bertz CT molecular complexity index is 3490. The Morgan fingerprint density at radius 3 is 0.976 bits per heavy atom. The van der Waals surface area contributed by atoms with Crippen LogP contribution in [-0.4, -0.2) is 90.9 Å². The van der Waals surface area contributed by atoms with Gasteiger partial charge in [-0.15, -0.1) is 0 Å². The standard InChI is InChI=1S/C9H10ClNO3S.2C9H11NO4S.C7H10N2O2S.C7H9NO3S.C5H5N.C4H6O3.2Na.H2O/c1-6-5-8(15(10,13)14)3-4-9(6)11-7(2)12;2*1-6-5-8(15(12,13)14)3-4-9(6)10-7(2)11;2*1-5-4-6(12(9,10)11)2-3-7(5)8;1-2-4-6-5-3-1;1-3(5)7-4(2)6;;;/h3-5H,1-2H3,(H,11,12);2*3-5H,1-2H3,(H,10,11)(H,12,13,14);2-4H,8H2,1H3,(H2,9,10,11);2-4H,8H2,1H3,(H,9,10,11);1-5H;1-2H3;;;1H2/q;;;;;;;2*+1;/p-2. The molecule has 0 saturated carbocycles. The number of nitrogen functional groups attached to an aromatic ring is 2. The zero-order valence-electron chi connectivity index (χ0n) is 47.9. The molecule has 6 rings (SSSR count). The van der Waals surface area contributed by atoms with E-state index >= 15 is 0 Å². The van der Waals surface area contributed by atoms with Crippen molar-refractivity contribution in [2.24, 2.45) is 5.14 Å². The van der Waals surface area contributed by atoms with Crippen molar-refractivity contribution in [2.75, 3.05) is 27.4 Å². The summed E-state index contributed by atoms with van der Waals surface area (Å²) in [6.45, 7) is 14.7. The molecular weight excluding hydrogens is 1260 g/mol. The number of esters is 2. The molecule has 3 amide bonds. The van der Waals surface area contributed by atoms with Gasteiger partial charge in [0.25, 0.3) is 19.2 Å². The number of hydrogen-bond donors (Lipinski definition) is 7. The van der Waals surface area contributed by atoms with Gasteiger partial charge in [-0.3, -0.25) is 28.5 Å². The number of benzene rings is 5. The van der Waals surface area contributed by atoms with Crippen molar-refractivity contribution >= 4 is 118 Å². The number of amides is 3. The second-order valence-corrected chi connectivity index (χ2v) is 24.8. The van der Waals surface area contributed by atoms with Crippen LogP contribution in [0.2, 0.25) is 0 Å². The number of carbonyl (C=O) groups excluding carboxylic acids is 5. The largest absolute Gasteiger partial charge is 1.00 e. The van der Waals surface area contributed by atoms with E-state index in [4.69, 9.17) is 31.8 Å². The monoisotopic (exact) mass is 1320 g/mol. The predicted octanol–water partition coefficient (Wildman–Crippen LogP) is -0.928. The number of carbonyl (C=O) groups is 5. The van der Waals surface area contributed by atoms with Crippen LogP contribution < -0.4 is 96.7 Å². The van der Waals surface area contributed by atoms with Gasteiger partial charge in [-0.05, 0) is 153 Å². The van der Waals surface area contributed by atoms with Crippen LogP contribution in [0.15, 0.2) is 146 Å². The van der Waals surface area contributed by atoms with Crippen LogP contribution in [0.25, 0.3) is 0 Å². The number of halogens is 1. The third kappa shape index (κ3) is 36.8. The maximum absolute atomic E-state index is 11.0. The molecule has 456 valence electrons. The molecule has 12 N–H and O–H groups in total. The minimum absolute atomic E-state index is 0. The van der Waals surface area contributed by atoms with E-state index in [-0.39, 0.29) is 107 Å². The topological polar surface area (TPSA) is 490 Å². The average Bonchev–Trinajstić information content (AvgIpc) is 3.32. The number of nitrogens with one attached hydrogen (secondary N) is 4. The Balaban J connectivity index is -0.000000455. The van der Waals surface area contributed by atoms with E-state index in [0.29, 0.717) is 56.3 Å². The molecule has 0 bridgehead atoms. The summed E-state index contributed by atoms with van der Waals surface area (Å²) in [4.78, 5) is 54.2. The molecule has 35 heteroatoms. The zero-order chi connectivity index (χ0) is 63.7. The molecule has 0 aliphatic heterocycles. The molecule has 1 heterocycles. The van der Waals surface area contributed by atoms with Crippen LogP contribution in [0.1, 0.15) is 62.4 Å². The van der Waals surface area contributed by atoms with Crippen molar-refractivity contribution in [1.82, 2.24) is 0 Å². The molecule has 6 aromatic rings. The molecule has 1 aromatic heterocycles. The SMILES string of the molecule is CC(=O)Nc1ccc(S(=O)(=O)Cl)cc1C.CC(=O)Nc1ccc(S(=O)(=O)[O-])cc1C.CC(=O)Nc1ccc(S(=O)(=O)[O-])cc1C.CC(=O)OC(C)=O.Cc1cc(S(=O)(=O)O)ccc1N.Cc1cc(S(N)(=O)=O)ccc1N.[Na+].[Na+].[OH-].c1cc[nH+]cc1. The van der Waals surface area contributed by atoms with Crippen LogP contribution in [0.5, 0.6) is 0 Å². The Hall–Kier alpha value is -5.76. The minimum Gasteiger partial charge on any atom is -0.870 e. The number of aromatic amines is 1. The second-order valence-electron chi connectivity index (χ2n) is 16.5. The molecule has 0 aliphatic rings. The summed E-state index contributed by atoms with van der Waals surface area (Å²) >= 11 is 0. The summed E-state index contributed by atoms with van der Waals surface area (Å²) in [6.07, 6.45) is 3.75. The molecule has 0 radical (unpaired) electrons. The van der Waals surface area contributed by atoms with Gasteiger partial charge >= 0.3 is 71.1 Å². The fourth-order valence-corrected chi connectivity index (χ4v) is 8.65. The first-order valence-corrected chi connectivity index (χ1v) is 30.8. The van der Waals surface area contributed by atoms with Crippen LogP contribution in [0, 0.1) is 34.6 Å². The fraction of sp³-hybridized carbons (Fsp3) is 0.200. The van der Waals surface area contributed by atoms with E-state index in [0.717, 1.165) is 0 Å². The molecule has 0 unspecified atom stereocenters. The van der Waals surface area contributed by atoms with Crippen LogP contribution in [0.3, 0.4) is 0 Å². The van der Waals surface area contributed by atoms with Crippen molar-refractivity contribution in [1.29, 1.82) is 0 Å². The van der Waals surface area contributed by atoms with Crippen molar-refractivity contribution < 1.29 is 154 Å². The van der Waals surface area contributed by atoms with E-state index < -0.39 is 61.4 Å². The summed E-state index contributed by atoms with van der Waals surface area (Å²) < 4.78 is 142. The average molecular weight is 1320 g/mol. The minimum atomic E-state index is -4.43. The number of H-pyrrole nitrogens is 1. The van der Waals surface area contributed by atoms with Crippen LogP contribution in [0.4, 0.5) is 28.4 Å². The number of aromatic nitrogens is 1. The van der Waals surface area contributed by atoms with Crippen LogP contribution >= 0.6 is 10.7 Å². The van der Waals surface area contributed by atoms with Crippen molar-refractivity contribution in [3.8, 4) is 0 Å². The van der Waals surface area contributed by atoms with Gasteiger partial charge in [0, 0.05) is 85.9 Å². The van der Waals surface area contributed by atoms with E-state index in [1.165, 1.54) is 126 Å². The number of hydrogen-bond acceptors (Lipinski definition) is 21. The van der Waals surface area contributed by atoms with Gasteiger partial charge in [-0.1, -0.05) is 6.07 Å². The summed E-state index contributed by atoms with van der Waals surface area (Å²) in [5.41, 5.74) is 16.6. The summed E-state index contributed by atoms with van der Waals surface area (Å²) in [5, 5.41) is 12.5. The number of rotatable bonds is 8. The first kappa shape index (κ1) is 85.7. The quantitative estimate of drug-likeness (QED) is 0.0242. The number of ether oxygens (including phenoxy) is 1. The number of pyridine rings is 1. The molecule has 85 heavy (non-hydrogen) atoms. The summed E-state index contributed by atoms with van der Waals surface area (Å²) in [6, 6.07) is 26.1. The first-order valence-electron chi connectivity index (χ1n) is 22.7. The number of primary sulfonamides is 1. The van der Waals surface area contributed by atoms with Gasteiger partial charge in [-0.25, -0.2) is 43.8 Å². The molecule has 0 aliphatic carbocycles. The van der Waals surface area contributed by atoms with E-state index in [1.807, 2.05) is 30.6 Å². The number of nitrogens with two attached hydrogens (primary N) is 3. The molecule has 27 nitrogen and oxygen atoms in total. The zero-order valence-corrected chi connectivity index (χ0v) is 56.8. The van der Waals surface area contributed by atoms with Crippen LogP contribution in [-0.2, 0) is 78.1 Å². The third-order valence-corrected chi connectivity index (χ3v) is 14.2. The number of aryl methyl sites for hydroxylation is 5. The molecule has 0 fully saturated rings. The van der Waals surface area contributed by atoms with E-state index in [9.17, 15) is 75.2 Å². The van der Waals surface area contributed by atoms with Gasteiger partial charge in [0.1, 0.15) is 20.2 Å². The number of sulfonamides is 1. The van der Waals surface area contributed by atoms with E-state index in [1.54, 1.807) is 34.6 Å². The van der Waals surface area contributed by atoms with Gasteiger partial charge in [0.15, 0.2) is 12.4 Å². The first-order chi connectivity index (χ1) is 37.4. The summed E-state index contributed by atoms with van der Waals surface area (Å²) in [5.74, 6) is -1.84. The molecule has 0 saturated heterocycles. The Labute approximate surface area is 542 Å². The van der Waals surface area contributed by atoms with Crippen molar-refractivity contribution in [3.63, 3.8) is 0 Å². The predicted molar refractivity (Wildman–Crippen MR) is 305 cm³/mol. The maximum atomic E-state index is 11.0. The maximum Gasteiger partial charge on any atom is 1.00 e. The molecule has 5 aromatic carbocycles. The Morgan fingerprint density at radius 1 is 0.482 bits per heavy atom.